The van der Waals surface area contributed by atoms with Gasteiger partial charge in [0.25, 0.3) is 5.91 Å². The molecule has 0 radical (unpaired) electrons. The van der Waals surface area contributed by atoms with Gasteiger partial charge in [-0.2, -0.15) is 0 Å². The number of nitrogens with two attached hydrogens (primary N) is 1. The van der Waals surface area contributed by atoms with Crippen molar-refractivity contribution in [1.82, 2.24) is 10.2 Å². The number of hydrogen-bond donors (Lipinski definition) is 2. The first kappa shape index (κ1) is 17.9. The number of nitrogens with zero attached hydrogens (tertiary/aromatic N) is 1. The van der Waals surface area contributed by atoms with E-state index in [1.165, 1.54) is 4.90 Å². The van der Waals surface area contributed by atoms with Crippen LogP contribution in [0, 0.1) is 5.92 Å². The van der Waals surface area contributed by atoms with Crippen molar-refractivity contribution in [2.24, 2.45) is 11.7 Å². The zero-order valence-electron chi connectivity index (χ0n) is 14.4. The number of hydrogen-bond acceptors (Lipinski definition) is 4. The number of nitrogens with one attached hydrogen (secondary N) is 1. The van der Waals surface area contributed by atoms with Crippen LogP contribution >= 0.6 is 0 Å². The second-order valence-corrected chi connectivity index (χ2v) is 6.31. The monoisotopic (exact) mass is 335 g/mol. The lowest BCUT2D eigenvalue weighted by Crippen LogP contribution is -2.62. The lowest BCUT2D eigenvalue weighted by atomic mass is 10.1. The number of rotatable bonds is 7. The summed E-state index contributed by atoms with van der Waals surface area (Å²) in [6.45, 7) is 5.75. The lowest BCUT2D eigenvalue weighted by Gasteiger charge is -2.38. The first-order valence-corrected chi connectivity index (χ1v) is 8.06. The molecule has 24 heavy (non-hydrogen) atoms. The predicted molar refractivity (Wildman–Crippen MR) is 90.4 cm³/mol. The second-order valence-electron chi connectivity index (χ2n) is 6.31. The van der Waals surface area contributed by atoms with E-state index >= 15 is 0 Å². The van der Waals surface area contributed by atoms with Crippen LogP contribution in [0.1, 0.15) is 30.6 Å². The lowest BCUT2D eigenvalue weighted by molar-refractivity contribution is 0.0861. The summed E-state index contributed by atoms with van der Waals surface area (Å²) in [6.07, 6.45) is 0.948. The van der Waals surface area contributed by atoms with Crippen molar-refractivity contribution in [3.8, 4) is 11.5 Å². The molecule has 1 aliphatic rings. The number of ether oxygens (including phenoxy) is 2. The standard InChI is InChI=1S/C17H25N3O4/c1-11(2)6-7-24-14-5-4-12(8-15(14)23-3)16(21)19-13-9-20(10-13)17(18)22/h4-5,8,11,13H,6-7,9-10H2,1-3H3,(H2,18,22)(H,19,21). The molecule has 7 heteroatoms. The Morgan fingerprint density at radius 1 is 1.33 bits per heavy atom. The fourth-order valence-electron chi connectivity index (χ4n) is 2.35. The zero-order valence-corrected chi connectivity index (χ0v) is 14.4. The number of carbonyl (C=O) groups excluding carboxylic acids is 2. The highest BCUT2D eigenvalue weighted by atomic mass is 16.5. The average Bonchev–Trinajstić information content (AvgIpc) is 2.49. The Bertz CT molecular complexity index is 597. The Balaban J connectivity index is 1.93. The quantitative estimate of drug-likeness (QED) is 0.791. The summed E-state index contributed by atoms with van der Waals surface area (Å²) < 4.78 is 11.0. The summed E-state index contributed by atoms with van der Waals surface area (Å²) in [4.78, 5) is 24.7. The summed E-state index contributed by atoms with van der Waals surface area (Å²) >= 11 is 0. The van der Waals surface area contributed by atoms with E-state index in [-0.39, 0.29) is 11.9 Å². The van der Waals surface area contributed by atoms with Gasteiger partial charge >= 0.3 is 6.03 Å². The van der Waals surface area contributed by atoms with Crippen molar-refractivity contribution in [3.63, 3.8) is 0 Å². The van der Waals surface area contributed by atoms with Crippen LogP contribution in [0.15, 0.2) is 18.2 Å². The van der Waals surface area contributed by atoms with E-state index in [0.717, 1.165) is 6.42 Å². The van der Waals surface area contributed by atoms with Gasteiger partial charge in [0.15, 0.2) is 11.5 Å². The summed E-state index contributed by atoms with van der Waals surface area (Å²) in [6, 6.07) is 4.56. The second kappa shape index (κ2) is 7.90. The van der Waals surface area contributed by atoms with Crippen molar-refractivity contribution < 1.29 is 19.1 Å². The number of urea groups is 1. The van der Waals surface area contributed by atoms with Gasteiger partial charge in [-0.1, -0.05) is 13.8 Å². The molecule has 1 aliphatic heterocycles. The Kier molecular flexibility index (Phi) is 5.89. The third-order valence-electron chi connectivity index (χ3n) is 3.91. The summed E-state index contributed by atoms with van der Waals surface area (Å²) in [5, 5.41) is 2.86. The highest BCUT2D eigenvalue weighted by Crippen LogP contribution is 2.28. The van der Waals surface area contributed by atoms with Gasteiger partial charge in [0.1, 0.15) is 0 Å². The first-order valence-electron chi connectivity index (χ1n) is 8.06. The van der Waals surface area contributed by atoms with Crippen molar-refractivity contribution in [3.05, 3.63) is 23.8 Å². The molecule has 1 fully saturated rings. The minimum atomic E-state index is -0.468. The predicted octanol–water partition coefficient (Wildman–Crippen LogP) is 1.61. The third kappa shape index (κ3) is 4.53. The number of carbonyl (C=O) groups is 2. The molecule has 0 unspecified atom stereocenters. The van der Waals surface area contributed by atoms with Crippen LogP contribution < -0.4 is 20.5 Å². The Morgan fingerprint density at radius 2 is 2.04 bits per heavy atom. The Hall–Kier alpha value is -2.44. The molecule has 7 nitrogen and oxygen atoms in total. The highest BCUT2D eigenvalue weighted by molar-refractivity contribution is 5.95. The van der Waals surface area contributed by atoms with E-state index < -0.39 is 6.03 Å². The molecule has 0 bridgehead atoms. The maximum absolute atomic E-state index is 12.3. The SMILES string of the molecule is COc1cc(C(=O)NC2CN(C(N)=O)C2)ccc1OCCC(C)C. The molecule has 2 rings (SSSR count). The first-order chi connectivity index (χ1) is 11.4. The largest absolute Gasteiger partial charge is 0.493 e. The summed E-state index contributed by atoms with van der Waals surface area (Å²) in [7, 11) is 1.54. The van der Waals surface area contributed by atoms with E-state index in [2.05, 4.69) is 19.2 Å². The maximum Gasteiger partial charge on any atom is 0.314 e. The fraction of sp³-hybridized carbons (Fsp3) is 0.529. The van der Waals surface area contributed by atoms with Gasteiger partial charge in [-0.25, -0.2) is 4.79 Å². The van der Waals surface area contributed by atoms with Gasteiger partial charge in [-0.05, 0) is 30.5 Å². The van der Waals surface area contributed by atoms with E-state index in [1.54, 1.807) is 25.3 Å². The van der Waals surface area contributed by atoms with Crippen molar-refractivity contribution in [2.45, 2.75) is 26.3 Å². The van der Waals surface area contributed by atoms with Gasteiger partial charge in [0.2, 0.25) is 0 Å². The molecule has 1 heterocycles. The Labute approximate surface area is 142 Å². The van der Waals surface area contributed by atoms with Gasteiger partial charge in [0.05, 0.1) is 19.8 Å². The molecule has 0 aliphatic carbocycles. The molecular formula is C17H25N3O4. The van der Waals surface area contributed by atoms with Crippen molar-refractivity contribution in [2.75, 3.05) is 26.8 Å². The minimum Gasteiger partial charge on any atom is -0.493 e. The number of likely N-dealkylation sites (tertiary alicyclic amines) is 1. The normalized spacial score (nSPS) is 14.2. The molecule has 1 saturated heterocycles. The van der Waals surface area contributed by atoms with Crippen LogP contribution in [-0.4, -0.2) is 49.7 Å². The maximum atomic E-state index is 12.3. The molecule has 0 saturated carbocycles. The van der Waals surface area contributed by atoms with Crippen LogP contribution in [0.4, 0.5) is 4.79 Å². The average molecular weight is 335 g/mol. The molecule has 0 aromatic heterocycles. The highest BCUT2D eigenvalue weighted by Gasteiger charge is 2.30. The van der Waals surface area contributed by atoms with E-state index in [0.29, 0.717) is 42.7 Å². The number of amides is 3. The molecule has 0 atom stereocenters. The zero-order chi connectivity index (χ0) is 17.7. The molecule has 1 aromatic carbocycles. The van der Waals surface area contributed by atoms with Gasteiger partial charge in [-0.3, -0.25) is 4.79 Å². The van der Waals surface area contributed by atoms with Gasteiger partial charge in [0, 0.05) is 18.7 Å². The molecule has 3 N–H and O–H groups in total. The topological polar surface area (TPSA) is 93.9 Å². The van der Waals surface area contributed by atoms with Crippen molar-refractivity contribution in [1.29, 1.82) is 0 Å². The third-order valence-corrected chi connectivity index (χ3v) is 3.91. The number of benzene rings is 1. The molecule has 0 spiro atoms. The fourth-order valence-corrected chi connectivity index (χ4v) is 2.35. The van der Waals surface area contributed by atoms with Crippen LogP contribution in [0.5, 0.6) is 11.5 Å². The summed E-state index contributed by atoms with van der Waals surface area (Å²) in [5.74, 6) is 1.50. The van der Waals surface area contributed by atoms with Crippen molar-refractivity contribution >= 4 is 11.9 Å². The molecule has 3 amide bonds. The van der Waals surface area contributed by atoms with Crippen LogP contribution in [0.2, 0.25) is 0 Å². The van der Waals surface area contributed by atoms with Crippen LogP contribution in [-0.2, 0) is 0 Å². The van der Waals surface area contributed by atoms with E-state index in [4.69, 9.17) is 15.2 Å². The minimum absolute atomic E-state index is 0.0713. The molecule has 132 valence electrons. The molecular weight excluding hydrogens is 310 g/mol. The van der Waals surface area contributed by atoms with Gasteiger partial charge < -0.3 is 25.4 Å². The van der Waals surface area contributed by atoms with Crippen LogP contribution in [0.3, 0.4) is 0 Å². The molecule has 1 aromatic rings. The number of primary amides is 1. The number of methoxy groups -OCH3 is 1. The van der Waals surface area contributed by atoms with Crippen LogP contribution in [0.25, 0.3) is 0 Å². The summed E-state index contributed by atoms with van der Waals surface area (Å²) in [5.41, 5.74) is 5.65. The van der Waals surface area contributed by atoms with Gasteiger partial charge in [-0.15, -0.1) is 0 Å². The smallest absolute Gasteiger partial charge is 0.314 e. The van der Waals surface area contributed by atoms with E-state index in [9.17, 15) is 9.59 Å². The van der Waals surface area contributed by atoms with E-state index in [1.807, 2.05) is 0 Å². The Morgan fingerprint density at radius 3 is 2.62 bits per heavy atom.